The summed E-state index contributed by atoms with van der Waals surface area (Å²) in [5.74, 6) is -0.815. The predicted octanol–water partition coefficient (Wildman–Crippen LogP) is 5.58. The molecule has 1 fully saturated rings. The van der Waals surface area contributed by atoms with Crippen molar-refractivity contribution in [3.8, 4) is 5.75 Å². The Kier molecular flexibility index (Phi) is 7.60. The standard InChI is InChI=1S/C29H30N2O4/c1-3-4-5-17-35-24-11-9-22(10-12-24)27(32)25-26(23-8-6-7-20(2)18-23)31(29(34)28(25)33)19-21-13-15-30-16-14-21/h6-16,18,26,32H,3-5,17,19H2,1-2H3/b27-25-. The van der Waals surface area contributed by atoms with Gasteiger partial charge >= 0.3 is 0 Å². The van der Waals surface area contributed by atoms with Crippen LogP contribution in [0.1, 0.15) is 54.5 Å². The summed E-state index contributed by atoms with van der Waals surface area (Å²) in [6.07, 6.45) is 6.52. The van der Waals surface area contributed by atoms with Gasteiger partial charge in [-0.1, -0.05) is 49.6 Å². The zero-order valence-corrected chi connectivity index (χ0v) is 20.1. The Bertz CT molecular complexity index is 1220. The third-order valence-electron chi connectivity index (χ3n) is 6.14. The molecule has 1 aliphatic heterocycles. The number of hydrogen-bond donors (Lipinski definition) is 1. The van der Waals surface area contributed by atoms with E-state index < -0.39 is 17.7 Å². The molecule has 1 unspecified atom stereocenters. The number of ether oxygens (including phenoxy) is 1. The fourth-order valence-electron chi connectivity index (χ4n) is 4.32. The smallest absolute Gasteiger partial charge is 0.295 e. The van der Waals surface area contributed by atoms with Gasteiger partial charge in [0.05, 0.1) is 18.2 Å². The number of nitrogens with zero attached hydrogens (tertiary/aromatic N) is 2. The molecule has 35 heavy (non-hydrogen) atoms. The van der Waals surface area contributed by atoms with Gasteiger partial charge in [0.2, 0.25) is 0 Å². The van der Waals surface area contributed by atoms with Crippen LogP contribution in [-0.2, 0) is 16.1 Å². The van der Waals surface area contributed by atoms with Gasteiger partial charge in [-0.2, -0.15) is 0 Å². The molecule has 180 valence electrons. The van der Waals surface area contributed by atoms with E-state index in [0.29, 0.717) is 17.9 Å². The highest BCUT2D eigenvalue weighted by atomic mass is 16.5. The van der Waals surface area contributed by atoms with Gasteiger partial charge in [-0.3, -0.25) is 14.6 Å². The summed E-state index contributed by atoms with van der Waals surface area (Å²) < 4.78 is 5.76. The van der Waals surface area contributed by atoms with Crippen LogP contribution in [0.4, 0.5) is 0 Å². The maximum absolute atomic E-state index is 13.2. The van der Waals surface area contributed by atoms with Crippen molar-refractivity contribution < 1.29 is 19.4 Å². The van der Waals surface area contributed by atoms with Gasteiger partial charge in [-0.05, 0) is 60.9 Å². The van der Waals surface area contributed by atoms with Gasteiger partial charge in [0.15, 0.2) is 0 Å². The summed E-state index contributed by atoms with van der Waals surface area (Å²) in [4.78, 5) is 31.9. The van der Waals surface area contributed by atoms with Crippen molar-refractivity contribution in [1.29, 1.82) is 0 Å². The molecule has 6 nitrogen and oxygen atoms in total. The molecule has 1 atom stereocenters. The Morgan fingerprint density at radius 1 is 1.03 bits per heavy atom. The van der Waals surface area contributed by atoms with Crippen LogP contribution >= 0.6 is 0 Å². The van der Waals surface area contributed by atoms with E-state index in [0.717, 1.165) is 36.0 Å². The number of hydrogen-bond acceptors (Lipinski definition) is 5. The average molecular weight is 471 g/mol. The van der Waals surface area contributed by atoms with Crippen molar-refractivity contribution >= 4 is 17.4 Å². The van der Waals surface area contributed by atoms with E-state index in [1.807, 2.05) is 43.3 Å². The summed E-state index contributed by atoms with van der Waals surface area (Å²) in [5, 5.41) is 11.3. The number of ketones is 1. The molecular formula is C29H30N2O4. The molecule has 1 saturated heterocycles. The predicted molar refractivity (Wildman–Crippen MR) is 135 cm³/mol. The number of amides is 1. The van der Waals surface area contributed by atoms with E-state index in [1.165, 1.54) is 4.90 Å². The lowest BCUT2D eigenvalue weighted by molar-refractivity contribution is -0.140. The van der Waals surface area contributed by atoms with Gasteiger partial charge < -0.3 is 14.7 Å². The highest BCUT2D eigenvalue weighted by molar-refractivity contribution is 6.46. The van der Waals surface area contributed by atoms with E-state index in [-0.39, 0.29) is 17.9 Å². The molecule has 1 aliphatic rings. The second-order valence-corrected chi connectivity index (χ2v) is 8.78. The number of aliphatic hydroxyl groups is 1. The quantitative estimate of drug-likeness (QED) is 0.191. The lowest BCUT2D eigenvalue weighted by Gasteiger charge is -2.25. The Labute approximate surface area is 205 Å². The third kappa shape index (κ3) is 5.43. The highest BCUT2D eigenvalue weighted by Crippen LogP contribution is 2.40. The van der Waals surface area contributed by atoms with Gasteiger partial charge in [0.25, 0.3) is 11.7 Å². The fraction of sp³-hybridized carbons (Fsp3) is 0.276. The van der Waals surface area contributed by atoms with Gasteiger partial charge in [-0.25, -0.2) is 0 Å². The van der Waals surface area contributed by atoms with Crippen LogP contribution in [0.3, 0.4) is 0 Å². The monoisotopic (exact) mass is 470 g/mol. The van der Waals surface area contributed by atoms with Crippen LogP contribution < -0.4 is 4.74 Å². The van der Waals surface area contributed by atoms with Crippen LogP contribution in [0.25, 0.3) is 5.76 Å². The van der Waals surface area contributed by atoms with Gasteiger partial charge in [-0.15, -0.1) is 0 Å². The maximum atomic E-state index is 13.2. The molecule has 0 aliphatic carbocycles. The summed E-state index contributed by atoms with van der Waals surface area (Å²) in [6, 6.07) is 17.6. The second-order valence-electron chi connectivity index (χ2n) is 8.78. The number of benzene rings is 2. The van der Waals surface area contributed by atoms with Crippen molar-refractivity contribution in [2.45, 2.75) is 45.7 Å². The first-order valence-corrected chi connectivity index (χ1v) is 12.0. The van der Waals surface area contributed by atoms with E-state index in [9.17, 15) is 14.7 Å². The number of aliphatic hydroxyl groups excluding tert-OH is 1. The Morgan fingerprint density at radius 2 is 1.77 bits per heavy atom. The molecule has 6 heteroatoms. The normalized spacial score (nSPS) is 17.1. The zero-order valence-electron chi connectivity index (χ0n) is 20.1. The van der Waals surface area contributed by atoms with Crippen molar-refractivity contribution in [2.75, 3.05) is 6.61 Å². The molecule has 1 amide bonds. The zero-order chi connectivity index (χ0) is 24.8. The largest absolute Gasteiger partial charge is 0.507 e. The van der Waals surface area contributed by atoms with E-state index >= 15 is 0 Å². The molecule has 3 aromatic rings. The summed E-state index contributed by atoms with van der Waals surface area (Å²) in [5.41, 5.74) is 3.18. The molecule has 0 spiro atoms. The Hall–Kier alpha value is -3.93. The average Bonchev–Trinajstić information content (AvgIpc) is 3.12. The van der Waals surface area contributed by atoms with Crippen LogP contribution in [0.2, 0.25) is 0 Å². The van der Waals surface area contributed by atoms with Gasteiger partial charge in [0, 0.05) is 24.5 Å². The molecule has 2 heterocycles. The van der Waals surface area contributed by atoms with Crippen LogP contribution in [0.5, 0.6) is 5.75 Å². The lowest BCUT2D eigenvalue weighted by atomic mass is 9.94. The first-order valence-electron chi connectivity index (χ1n) is 12.0. The van der Waals surface area contributed by atoms with Crippen molar-refractivity contribution in [3.05, 3.63) is 101 Å². The first-order chi connectivity index (χ1) is 17.0. The summed E-state index contributed by atoms with van der Waals surface area (Å²) in [6.45, 7) is 4.96. The first kappa shape index (κ1) is 24.2. The maximum Gasteiger partial charge on any atom is 0.295 e. The topological polar surface area (TPSA) is 79.7 Å². The number of likely N-dealkylation sites (tertiary alicyclic amines) is 1. The fourth-order valence-corrected chi connectivity index (χ4v) is 4.32. The molecule has 0 bridgehead atoms. The van der Waals surface area contributed by atoms with Crippen LogP contribution in [0.15, 0.2) is 78.6 Å². The molecular weight excluding hydrogens is 440 g/mol. The minimum absolute atomic E-state index is 0.0891. The van der Waals surface area contributed by atoms with E-state index in [2.05, 4.69) is 11.9 Å². The minimum Gasteiger partial charge on any atom is -0.507 e. The Balaban J connectivity index is 1.70. The molecule has 0 radical (unpaired) electrons. The number of aryl methyl sites for hydroxylation is 1. The molecule has 2 aromatic carbocycles. The van der Waals surface area contributed by atoms with Crippen molar-refractivity contribution in [2.24, 2.45) is 0 Å². The highest BCUT2D eigenvalue weighted by Gasteiger charge is 2.46. The van der Waals surface area contributed by atoms with Gasteiger partial charge in [0.1, 0.15) is 11.5 Å². The SMILES string of the molecule is CCCCCOc1ccc(/C(O)=C2/C(=O)C(=O)N(Cc3ccncc3)C2c2cccc(C)c2)cc1. The Morgan fingerprint density at radius 3 is 2.46 bits per heavy atom. The summed E-state index contributed by atoms with van der Waals surface area (Å²) >= 11 is 0. The molecule has 4 rings (SSSR count). The summed E-state index contributed by atoms with van der Waals surface area (Å²) in [7, 11) is 0. The third-order valence-corrected chi connectivity index (χ3v) is 6.14. The minimum atomic E-state index is -0.701. The number of Topliss-reactive ketones (excluding diaryl/α,β-unsaturated/α-hetero) is 1. The molecule has 1 N–H and O–H groups in total. The van der Waals surface area contributed by atoms with Crippen molar-refractivity contribution in [3.63, 3.8) is 0 Å². The van der Waals surface area contributed by atoms with E-state index in [4.69, 9.17) is 4.74 Å². The van der Waals surface area contributed by atoms with Crippen molar-refractivity contribution in [1.82, 2.24) is 9.88 Å². The molecule has 1 aromatic heterocycles. The second kappa shape index (κ2) is 11.0. The van der Waals surface area contributed by atoms with E-state index in [1.54, 1.807) is 36.7 Å². The number of aromatic nitrogens is 1. The number of carbonyl (C=O) groups is 2. The lowest BCUT2D eigenvalue weighted by Crippen LogP contribution is -2.29. The number of unbranched alkanes of at least 4 members (excludes halogenated alkanes) is 2. The number of rotatable bonds is 9. The van der Waals surface area contributed by atoms with Crippen LogP contribution in [0, 0.1) is 6.92 Å². The van der Waals surface area contributed by atoms with Crippen LogP contribution in [-0.4, -0.2) is 33.3 Å². The molecule has 0 saturated carbocycles. The number of carbonyl (C=O) groups excluding carboxylic acids is 2. The number of pyridine rings is 1.